The monoisotopic (exact) mass is 495 g/mol. The Bertz CT molecular complexity index is 1250. The molecule has 0 aliphatic carbocycles. The molecular weight excluding hydrogens is 454 g/mol. The number of hydrogen-bond donors (Lipinski definition) is 0. The minimum absolute atomic E-state index is 0.192. The van der Waals surface area contributed by atoms with E-state index >= 15 is 0 Å². The number of carbonyl (C=O) groups is 1. The molecule has 5 rings (SSSR count). The van der Waals surface area contributed by atoms with E-state index in [1.165, 1.54) is 46.5 Å². The zero-order valence-electron chi connectivity index (χ0n) is 23.0. The number of piperidine rings is 1. The molecule has 0 N–H and O–H groups in total. The Morgan fingerprint density at radius 2 is 1.22 bits per heavy atom. The summed E-state index contributed by atoms with van der Waals surface area (Å²) in [5.74, 6) is 0.861. The van der Waals surface area contributed by atoms with Crippen LogP contribution in [-0.4, -0.2) is 50.1 Å². The summed E-state index contributed by atoms with van der Waals surface area (Å²) in [6, 6.07) is 21.7. The Balaban J connectivity index is 1.22. The molecule has 2 saturated heterocycles. The van der Waals surface area contributed by atoms with Gasteiger partial charge in [-0.3, -0.25) is 4.79 Å². The SMILES string of the molecule is Cc1cc(C)c(C(=O)N2CCN(c3ccccc3C)CC2)cc1CC1CCN(c2ccccc2C)CC1. The molecule has 1 amide bonds. The number of benzene rings is 3. The van der Waals surface area contributed by atoms with Crippen molar-refractivity contribution in [2.24, 2.45) is 5.92 Å². The second-order valence-corrected chi connectivity index (χ2v) is 11.1. The molecule has 0 bridgehead atoms. The molecule has 0 saturated carbocycles. The van der Waals surface area contributed by atoms with Crippen LogP contribution in [0.5, 0.6) is 0 Å². The first-order chi connectivity index (χ1) is 17.9. The summed E-state index contributed by atoms with van der Waals surface area (Å²) >= 11 is 0. The van der Waals surface area contributed by atoms with Crippen molar-refractivity contribution >= 4 is 17.3 Å². The van der Waals surface area contributed by atoms with Crippen LogP contribution >= 0.6 is 0 Å². The van der Waals surface area contributed by atoms with E-state index in [0.717, 1.165) is 56.8 Å². The molecule has 2 heterocycles. The van der Waals surface area contributed by atoms with Crippen LogP contribution in [0.15, 0.2) is 60.7 Å². The van der Waals surface area contributed by atoms with E-state index in [0.29, 0.717) is 5.92 Å². The largest absolute Gasteiger partial charge is 0.371 e. The van der Waals surface area contributed by atoms with E-state index < -0.39 is 0 Å². The first-order valence-electron chi connectivity index (χ1n) is 13.9. The van der Waals surface area contributed by atoms with E-state index in [2.05, 4.69) is 103 Å². The van der Waals surface area contributed by atoms with Crippen LogP contribution in [0, 0.1) is 33.6 Å². The van der Waals surface area contributed by atoms with Gasteiger partial charge in [-0.25, -0.2) is 0 Å². The smallest absolute Gasteiger partial charge is 0.254 e. The molecule has 2 fully saturated rings. The lowest BCUT2D eigenvalue weighted by Crippen LogP contribution is -2.49. The summed E-state index contributed by atoms with van der Waals surface area (Å²) in [6.45, 7) is 14.2. The lowest BCUT2D eigenvalue weighted by molar-refractivity contribution is 0.0746. The average molecular weight is 496 g/mol. The summed E-state index contributed by atoms with van der Waals surface area (Å²) in [6.07, 6.45) is 3.46. The van der Waals surface area contributed by atoms with E-state index in [-0.39, 0.29) is 5.91 Å². The Kier molecular flexibility index (Phi) is 7.55. The third-order valence-electron chi connectivity index (χ3n) is 8.52. The molecule has 0 radical (unpaired) electrons. The summed E-state index contributed by atoms with van der Waals surface area (Å²) < 4.78 is 0. The Labute approximate surface area is 222 Å². The van der Waals surface area contributed by atoms with Crippen LogP contribution in [0.2, 0.25) is 0 Å². The standard InChI is InChI=1S/C33H41N3O/c1-24-9-5-7-11-31(24)34-15-13-28(14-16-34)22-29-23-30(27(4)21-26(29)3)33(37)36-19-17-35(18-20-36)32-12-8-6-10-25(32)2/h5-12,21,23,28H,13-20,22H2,1-4H3. The van der Waals surface area contributed by atoms with Crippen molar-refractivity contribution in [2.45, 2.75) is 47.0 Å². The van der Waals surface area contributed by atoms with Crippen LogP contribution < -0.4 is 9.80 Å². The highest BCUT2D eigenvalue weighted by Gasteiger charge is 2.26. The van der Waals surface area contributed by atoms with Crippen LogP contribution in [0.4, 0.5) is 11.4 Å². The van der Waals surface area contributed by atoms with Gasteiger partial charge >= 0.3 is 0 Å². The Morgan fingerprint density at radius 3 is 1.78 bits per heavy atom. The van der Waals surface area contributed by atoms with Crippen molar-refractivity contribution < 1.29 is 4.79 Å². The van der Waals surface area contributed by atoms with Gasteiger partial charge in [0.2, 0.25) is 0 Å². The van der Waals surface area contributed by atoms with Crippen LogP contribution in [0.3, 0.4) is 0 Å². The van der Waals surface area contributed by atoms with Crippen molar-refractivity contribution in [3.05, 3.63) is 94.0 Å². The summed E-state index contributed by atoms with van der Waals surface area (Å²) in [5.41, 5.74) is 9.98. The third kappa shape index (κ3) is 5.53. The molecule has 0 spiro atoms. The molecule has 2 aliphatic heterocycles. The number of para-hydroxylation sites is 2. The number of aryl methyl sites for hydroxylation is 4. The molecule has 0 atom stereocenters. The zero-order valence-corrected chi connectivity index (χ0v) is 23.0. The first kappa shape index (κ1) is 25.4. The number of piperazine rings is 1. The topological polar surface area (TPSA) is 26.8 Å². The van der Waals surface area contributed by atoms with Crippen molar-refractivity contribution in [2.75, 3.05) is 49.1 Å². The predicted octanol–water partition coefficient (Wildman–Crippen LogP) is 6.34. The van der Waals surface area contributed by atoms with Gasteiger partial charge in [0.15, 0.2) is 0 Å². The van der Waals surface area contributed by atoms with Crippen molar-refractivity contribution in [1.82, 2.24) is 4.90 Å². The molecule has 3 aromatic rings. The fourth-order valence-corrected chi connectivity index (χ4v) is 6.19. The zero-order chi connectivity index (χ0) is 25.9. The number of rotatable bonds is 5. The number of anilines is 2. The Hall–Kier alpha value is -3.27. The normalized spacial score (nSPS) is 16.8. The lowest BCUT2D eigenvalue weighted by atomic mass is 9.86. The maximum atomic E-state index is 13.6. The number of carbonyl (C=O) groups excluding carboxylic acids is 1. The molecule has 4 nitrogen and oxygen atoms in total. The maximum Gasteiger partial charge on any atom is 0.254 e. The second-order valence-electron chi connectivity index (χ2n) is 11.1. The molecule has 194 valence electrons. The van der Waals surface area contributed by atoms with Gasteiger partial charge in [0.25, 0.3) is 5.91 Å². The molecule has 37 heavy (non-hydrogen) atoms. The predicted molar refractivity (Wildman–Crippen MR) is 155 cm³/mol. The third-order valence-corrected chi connectivity index (χ3v) is 8.52. The number of hydrogen-bond acceptors (Lipinski definition) is 3. The van der Waals surface area contributed by atoms with Crippen LogP contribution in [0.25, 0.3) is 0 Å². The fraction of sp³-hybridized carbons (Fsp3) is 0.424. The summed E-state index contributed by atoms with van der Waals surface area (Å²) in [5, 5.41) is 0. The van der Waals surface area contributed by atoms with Gasteiger partial charge in [0.05, 0.1) is 0 Å². The van der Waals surface area contributed by atoms with Crippen molar-refractivity contribution in [3.8, 4) is 0 Å². The maximum absolute atomic E-state index is 13.6. The van der Waals surface area contributed by atoms with Gasteiger partial charge in [0, 0.05) is 56.2 Å². The number of amides is 1. The first-order valence-corrected chi connectivity index (χ1v) is 13.9. The molecule has 0 aromatic heterocycles. The van der Waals surface area contributed by atoms with E-state index in [1.807, 2.05) is 0 Å². The Morgan fingerprint density at radius 1 is 0.676 bits per heavy atom. The highest BCUT2D eigenvalue weighted by Crippen LogP contribution is 2.30. The van der Waals surface area contributed by atoms with Crippen molar-refractivity contribution in [3.63, 3.8) is 0 Å². The lowest BCUT2D eigenvalue weighted by Gasteiger charge is -2.37. The molecular formula is C33H41N3O. The average Bonchev–Trinajstić information content (AvgIpc) is 2.91. The number of nitrogens with zero attached hydrogens (tertiary/aromatic N) is 3. The fourth-order valence-electron chi connectivity index (χ4n) is 6.19. The highest BCUT2D eigenvalue weighted by atomic mass is 16.2. The van der Waals surface area contributed by atoms with Gasteiger partial charge in [-0.2, -0.15) is 0 Å². The minimum atomic E-state index is 0.192. The van der Waals surface area contributed by atoms with Gasteiger partial charge < -0.3 is 14.7 Å². The van der Waals surface area contributed by atoms with E-state index in [9.17, 15) is 4.79 Å². The van der Waals surface area contributed by atoms with Gasteiger partial charge in [-0.05, 0) is 98.9 Å². The quantitative estimate of drug-likeness (QED) is 0.413. The second kappa shape index (κ2) is 11.0. The van der Waals surface area contributed by atoms with Crippen LogP contribution in [-0.2, 0) is 6.42 Å². The van der Waals surface area contributed by atoms with Crippen LogP contribution in [0.1, 0.15) is 51.0 Å². The molecule has 4 heteroatoms. The summed E-state index contributed by atoms with van der Waals surface area (Å²) in [7, 11) is 0. The highest BCUT2D eigenvalue weighted by molar-refractivity contribution is 5.96. The van der Waals surface area contributed by atoms with E-state index in [1.54, 1.807) is 0 Å². The molecule has 0 unspecified atom stereocenters. The van der Waals surface area contributed by atoms with E-state index in [4.69, 9.17) is 0 Å². The van der Waals surface area contributed by atoms with Crippen molar-refractivity contribution in [1.29, 1.82) is 0 Å². The van der Waals surface area contributed by atoms with Gasteiger partial charge in [-0.1, -0.05) is 42.5 Å². The summed E-state index contributed by atoms with van der Waals surface area (Å²) in [4.78, 5) is 20.6. The van der Waals surface area contributed by atoms with Gasteiger partial charge in [-0.15, -0.1) is 0 Å². The minimum Gasteiger partial charge on any atom is -0.371 e. The molecule has 2 aliphatic rings. The van der Waals surface area contributed by atoms with Gasteiger partial charge in [0.1, 0.15) is 0 Å². The molecule has 3 aromatic carbocycles.